The monoisotopic (exact) mass is 266 g/mol. The first-order chi connectivity index (χ1) is 8.72. The van der Waals surface area contributed by atoms with Crippen molar-refractivity contribution in [1.82, 2.24) is 0 Å². The van der Waals surface area contributed by atoms with E-state index in [1.807, 2.05) is 5.38 Å². The Morgan fingerprint density at radius 1 is 1.44 bits per heavy atom. The van der Waals surface area contributed by atoms with Gasteiger partial charge in [-0.2, -0.15) is 0 Å². The highest BCUT2D eigenvalue weighted by Crippen LogP contribution is 2.15. The molecule has 0 aliphatic rings. The maximum atomic E-state index is 8.64. The fourth-order valence-corrected chi connectivity index (χ4v) is 2.26. The molecule has 0 aliphatic carbocycles. The lowest BCUT2D eigenvalue weighted by molar-refractivity contribution is 0.117. The second kappa shape index (κ2) is 9.16. The second-order valence-electron chi connectivity index (χ2n) is 4.67. The molecule has 100 valence electrons. The Bertz CT molecular complexity index is 385. The molecule has 0 bridgehead atoms. The summed E-state index contributed by atoms with van der Waals surface area (Å²) in [5.74, 6) is 6.70. The first kappa shape index (κ1) is 15.2. The zero-order chi connectivity index (χ0) is 13.2. The van der Waals surface area contributed by atoms with E-state index in [0.29, 0.717) is 13.0 Å². The van der Waals surface area contributed by atoms with E-state index in [9.17, 15) is 0 Å². The van der Waals surface area contributed by atoms with Gasteiger partial charge < -0.3 is 9.84 Å². The Hall–Kier alpha value is -0.820. The average molecular weight is 266 g/mol. The fraction of sp³-hybridized carbons (Fsp3) is 0.600. The molecule has 1 rings (SSSR count). The highest BCUT2D eigenvalue weighted by atomic mass is 32.1. The predicted molar refractivity (Wildman–Crippen MR) is 76.6 cm³/mol. The van der Waals surface area contributed by atoms with Crippen LogP contribution in [-0.2, 0) is 11.3 Å². The highest BCUT2D eigenvalue weighted by molar-refractivity contribution is 7.10. The molecule has 0 radical (unpaired) electrons. The lowest BCUT2D eigenvalue weighted by atomic mass is 10.1. The summed E-state index contributed by atoms with van der Waals surface area (Å²) in [4.78, 5) is 1.22. The minimum Gasteiger partial charge on any atom is -0.395 e. The van der Waals surface area contributed by atoms with Gasteiger partial charge in [-0.15, -0.1) is 11.3 Å². The molecule has 1 N–H and O–H groups in total. The Balaban J connectivity index is 2.21. The van der Waals surface area contributed by atoms with E-state index in [0.717, 1.165) is 24.5 Å². The summed E-state index contributed by atoms with van der Waals surface area (Å²) in [5, 5.41) is 10.7. The van der Waals surface area contributed by atoms with Gasteiger partial charge in [0.05, 0.1) is 13.2 Å². The predicted octanol–water partition coefficient (Wildman–Crippen LogP) is 3.43. The standard InChI is InChI=1S/C15H22O2S/c1-13(2)6-5-9-17-11-15-10-14(12-18-15)7-3-4-8-16/h10,12-13,16H,4-6,8-9,11H2,1-2H3. The molecule has 1 aromatic rings. The third-order valence-corrected chi connectivity index (χ3v) is 3.35. The maximum Gasteiger partial charge on any atom is 0.0809 e. The molecule has 2 nitrogen and oxygen atoms in total. The number of hydrogen-bond acceptors (Lipinski definition) is 3. The van der Waals surface area contributed by atoms with Crippen LogP contribution in [0.5, 0.6) is 0 Å². The average Bonchev–Trinajstić information content (AvgIpc) is 2.77. The van der Waals surface area contributed by atoms with Crippen molar-refractivity contribution in [2.45, 2.75) is 39.7 Å². The zero-order valence-electron chi connectivity index (χ0n) is 11.2. The van der Waals surface area contributed by atoms with Crippen molar-refractivity contribution in [3.05, 3.63) is 21.9 Å². The molecule has 1 heterocycles. The first-order valence-corrected chi connectivity index (χ1v) is 7.35. The molecule has 0 aliphatic heterocycles. The van der Waals surface area contributed by atoms with Gasteiger partial charge in [0.2, 0.25) is 0 Å². The number of rotatable bonds is 7. The summed E-state index contributed by atoms with van der Waals surface area (Å²) in [7, 11) is 0. The van der Waals surface area contributed by atoms with Crippen LogP contribution in [0, 0.1) is 17.8 Å². The molecule has 18 heavy (non-hydrogen) atoms. The molecule has 3 heteroatoms. The van der Waals surface area contributed by atoms with Gasteiger partial charge in [-0.05, 0) is 24.8 Å². The summed E-state index contributed by atoms with van der Waals surface area (Å²) in [6.45, 7) is 6.11. The van der Waals surface area contributed by atoms with Gasteiger partial charge in [0, 0.05) is 28.8 Å². The van der Waals surface area contributed by atoms with Crippen LogP contribution in [0.1, 0.15) is 43.6 Å². The van der Waals surface area contributed by atoms with Crippen molar-refractivity contribution >= 4 is 11.3 Å². The van der Waals surface area contributed by atoms with Crippen LogP contribution in [0.15, 0.2) is 11.4 Å². The molecular weight excluding hydrogens is 244 g/mol. The van der Waals surface area contributed by atoms with E-state index < -0.39 is 0 Å². The van der Waals surface area contributed by atoms with Crippen molar-refractivity contribution < 1.29 is 9.84 Å². The lowest BCUT2D eigenvalue weighted by Crippen LogP contribution is -1.96. The van der Waals surface area contributed by atoms with Gasteiger partial charge in [0.1, 0.15) is 0 Å². The summed E-state index contributed by atoms with van der Waals surface area (Å²) >= 11 is 1.68. The van der Waals surface area contributed by atoms with E-state index in [1.54, 1.807) is 11.3 Å². The van der Waals surface area contributed by atoms with Gasteiger partial charge in [-0.3, -0.25) is 0 Å². The van der Waals surface area contributed by atoms with Gasteiger partial charge >= 0.3 is 0 Å². The first-order valence-electron chi connectivity index (χ1n) is 6.47. The third-order valence-electron chi connectivity index (χ3n) is 2.44. The molecule has 0 spiro atoms. The van der Waals surface area contributed by atoms with Gasteiger partial charge in [-0.1, -0.05) is 25.7 Å². The molecule has 0 saturated carbocycles. The number of thiophene rings is 1. The summed E-state index contributed by atoms with van der Waals surface area (Å²) < 4.78 is 5.63. The second-order valence-corrected chi connectivity index (χ2v) is 5.66. The van der Waals surface area contributed by atoms with Crippen molar-refractivity contribution in [3.8, 4) is 11.8 Å². The molecule has 0 unspecified atom stereocenters. The van der Waals surface area contributed by atoms with Gasteiger partial charge in [-0.25, -0.2) is 0 Å². The Labute approximate surface area is 114 Å². The molecular formula is C15H22O2S. The van der Waals surface area contributed by atoms with Crippen LogP contribution in [0.4, 0.5) is 0 Å². The SMILES string of the molecule is CC(C)CCCOCc1cc(C#CCCO)cs1. The molecule has 0 amide bonds. The van der Waals surface area contributed by atoms with Crippen LogP contribution in [0.3, 0.4) is 0 Å². The third kappa shape index (κ3) is 6.80. The zero-order valence-corrected chi connectivity index (χ0v) is 12.1. The number of ether oxygens (including phenoxy) is 1. The number of aliphatic hydroxyl groups is 1. The normalized spacial score (nSPS) is 10.4. The van der Waals surface area contributed by atoms with Crippen molar-refractivity contribution in [1.29, 1.82) is 0 Å². The van der Waals surface area contributed by atoms with Crippen molar-refractivity contribution in [2.24, 2.45) is 5.92 Å². The smallest absolute Gasteiger partial charge is 0.0809 e. The van der Waals surface area contributed by atoms with E-state index >= 15 is 0 Å². The minimum atomic E-state index is 0.128. The summed E-state index contributed by atoms with van der Waals surface area (Å²) in [5.41, 5.74) is 1.02. The van der Waals surface area contributed by atoms with E-state index in [1.165, 1.54) is 11.3 Å². The van der Waals surface area contributed by atoms with Gasteiger partial charge in [0.15, 0.2) is 0 Å². The Kier molecular flexibility index (Phi) is 7.75. The molecule has 0 aromatic carbocycles. The largest absolute Gasteiger partial charge is 0.395 e. The number of aliphatic hydroxyl groups excluding tert-OH is 1. The topological polar surface area (TPSA) is 29.5 Å². The Morgan fingerprint density at radius 3 is 3.00 bits per heavy atom. The van der Waals surface area contributed by atoms with Crippen LogP contribution >= 0.6 is 11.3 Å². The van der Waals surface area contributed by atoms with E-state index in [2.05, 4.69) is 31.8 Å². The maximum absolute atomic E-state index is 8.64. The quantitative estimate of drug-likeness (QED) is 0.605. The highest BCUT2D eigenvalue weighted by Gasteiger charge is 1.99. The number of hydrogen-bond donors (Lipinski definition) is 1. The van der Waals surface area contributed by atoms with Crippen LogP contribution in [0.2, 0.25) is 0 Å². The lowest BCUT2D eigenvalue weighted by Gasteiger charge is -2.04. The van der Waals surface area contributed by atoms with E-state index in [-0.39, 0.29) is 6.61 Å². The molecule has 0 fully saturated rings. The van der Waals surface area contributed by atoms with Crippen LogP contribution in [0.25, 0.3) is 0 Å². The minimum absolute atomic E-state index is 0.128. The van der Waals surface area contributed by atoms with Gasteiger partial charge in [0.25, 0.3) is 0 Å². The van der Waals surface area contributed by atoms with Crippen LogP contribution in [-0.4, -0.2) is 18.3 Å². The molecule has 0 atom stereocenters. The summed E-state index contributed by atoms with van der Waals surface area (Å²) in [6.07, 6.45) is 2.89. The Morgan fingerprint density at radius 2 is 2.28 bits per heavy atom. The van der Waals surface area contributed by atoms with Crippen LogP contribution < -0.4 is 0 Å². The van der Waals surface area contributed by atoms with Crippen molar-refractivity contribution in [2.75, 3.05) is 13.2 Å². The molecule has 0 saturated heterocycles. The molecule has 1 aromatic heterocycles. The fourth-order valence-electron chi connectivity index (χ4n) is 1.51. The van der Waals surface area contributed by atoms with Crippen molar-refractivity contribution in [3.63, 3.8) is 0 Å². The summed E-state index contributed by atoms with van der Waals surface area (Å²) in [6, 6.07) is 2.07. The van der Waals surface area contributed by atoms with E-state index in [4.69, 9.17) is 9.84 Å².